The van der Waals surface area contributed by atoms with Gasteiger partial charge < -0.3 is 10.6 Å². The smallest absolute Gasteiger partial charge is 0.0405 e. The van der Waals surface area contributed by atoms with Crippen LogP contribution in [0.15, 0.2) is 35.9 Å². The maximum Gasteiger partial charge on any atom is 0.0405 e. The quantitative estimate of drug-likeness (QED) is 0.871. The van der Waals surface area contributed by atoms with Crippen molar-refractivity contribution in [3.8, 4) is 0 Å². The Bertz CT molecular complexity index is 376. The molecule has 0 saturated carbocycles. The van der Waals surface area contributed by atoms with Gasteiger partial charge in [-0.05, 0) is 24.6 Å². The first-order chi connectivity index (χ1) is 7.86. The summed E-state index contributed by atoms with van der Waals surface area (Å²) in [5.74, 6) is 0.574. The van der Waals surface area contributed by atoms with Gasteiger partial charge in [0.15, 0.2) is 0 Å². The van der Waals surface area contributed by atoms with Gasteiger partial charge in [0.2, 0.25) is 0 Å². The van der Waals surface area contributed by atoms with Crippen LogP contribution in [0.25, 0.3) is 0 Å². The number of fused-ring (bicyclic) bond motifs is 1. The van der Waals surface area contributed by atoms with E-state index in [0.717, 1.165) is 26.1 Å². The fraction of sp³-hybridized carbons (Fsp3) is 0.385. The van der Waals surface area contributed by atoms with Crippen molar-refractivity contribution in [2.24, 2.45) is 5.73 Å². The molecule has 1 aliphatic heterocycles. The molecule has 2 rings (SSSR count). The second kappa shape index (κ2) is 5.37. The minimum Gasteiger partial charge on any atom is -0.367 e. The monoisotopic (exact) mass is 236 g/mol. The van der Waals surface area contributed by atoms with E-state index in [1.807, 2.05) is 6.08 Å². The number of nitrogens with zero attached hydrogens (tertiary/aromatic N) is 1. The van der Waals surface area contributed by atoms with E-state index in [1.54, 1.807) is 5.54 Å². The standard InChI is InChI=1S/C13H17ClN2/c14-7-3-9-16-10-11(6-8-15)12-4-1-2-5-13(12)16/h1-5,7,11H,6,8-10,15H2. The predicted octanol–water partition coefficient (Wildman–Crippen LogP) is 2.69. The second-order valence-corrected chi connectivity index (χ2v) is 4.35. The third-order valence-corrected chi connectivity index (χ3v) is 3.27. The topological polar surface area (TPSA) is 29.3 Å². The SMILES string of the molecule is NCCC1CN(CC=CCl)c2ccccc21. The van der Waals surface area contributed by atoms with E-state index in [9.17, 15) is 0 Å². The molecule has 1 aromatic rings. The van der Waals surface area contributed by atoms with Crippen LogP contribution in [0.4, 0.5) is 5.69 Å². The zero-order chi connectivity index (χ0) is 11.4. The summed E-state index contributed by atoms with van der Waals surface area (Å²) in [6.07, 6.45) is 3.03. The maximum atomic E-state index is 5.66. The molecule has 1 unspecified atom stereocenters. The van der Waals surface area contributed by atoms with E-state index >= 15 is 0 Å². The summed E-state index contributed by atoms with van der Waals surface area (Å²) in [4.78, 5) is 2.36. The van der Waals surface area contributed by atoms with Crippen LogP contribution in [-0.2, 0) is 0 Å². The lowest BCUT2D eigenvalue weighted by molar-refractivity contribution is 0.655. The van der Waals surface area contributed by atoms with Crippen molar-refractivity contribution in [1.82, 2.24) is 0 Å². The zero-order valence-electron chi connectivity index (χ0n) is 9.27. The number of para-hydroxylation sites is 1. The molecule has 1 heterocycles. The molecule has 2 nitrogen and oxygen atoms in total. The number of hydrogen-bond donors (Lipinski definition) is 1. The molecule has 86 valence electrons. The van der Waals surface area contributed by atoms with Crippen LogP contribution in [0.3, 0.4) is 0 Å². The Hall–Kier alpha value is -0.990. The molecule has 1 atom stereocenters. The third-order valence-electron chi connectivity index (χ3n) is 3.09. The van der Waals surface area contributed by atoms with Gasteiger partial charge in [-0.25, -0.2) is 0 Å². The minimum absolute atomic E-state index is 0.574. The van der Waals surface area contributed by atoms with Gasteiger partial charge in [-0.15, -0.1) is 0 Å². The van der Waals surface area contributed by atoms with Gasteiger partial charge in [-0.3, -0.25) is 0 Å². The maximum absolute atomic E-state index is 5.66. The van der Waals surface area contributed by atoms with Crippen molar-refractivity contribution in [3.05, 3.63) is 41.4 Å². The average Bonchev–Trinajstić information content (AvgIpc) is 2.66. The van der Waals surface area contributed by atoms with Crippen LogP contribution < -0.4 is 10.6 Å². The Balaban J connectivity index is 2.20. The molecule has 0 amide bonds. The zero-order valence-corrected chi connectivity index (χ0v) is 10.0. The Labute approximate surface area is 102 Å². The first kappa shape index (κ1) is 11.5. The van der Waals surface area contributed by atoms with E-state index in [0.29, 0.717) is 5.92 Å². The van der Waals surface area contributed by atoms with Crippen molar-refractivity contribution in [2.45, 2.75) is 12.3 Å². The van der Waals surface area contributed by atoms with Crippen LogP contribution in [0.5, 0.6) is 0 Å². The molecule has 0 radical (unpaired) electrons. The summed E-state index contributed by atoms with van der Waals surface area (Å²) in [6, 6.07) is 8.57. The van der Waals surface area contributed by atoms with Gasteiger partial charge in [0.05, 0.1) is 0 Å². The number of halogens is 1. The van der Waals surface area contributed by atoms with Crippen LogP contribution >= 0.6 is 11.6 Å². The predicted molar refractivity (Wildman–Crippen MR) is 70.1 cm³/mol. The van der Waals surface area contributed by atoms with Gasteiger partial charge in [-0.2, -0.15) is 0 Å². The van der Waals surface area contributed by atoms with Crippen LogP contribution in [0.2, 0.25) is 0 Å². The first-order valence-corrected chi connectivity index (χ1v) is 6.09. The van der Waals surface area contributed by atoms with Crippen LogP contribution in [0, 0.1) is 0 Å². The molecule has 3 heteroatoms. The van der Waals surface area contributed by atoms with Crippen LogP contribution in [0.1, 0.15) is 17.9 Å². The normalized spacial score (nSPS) is 19.4. The van der Waals surface area contributed by atoms with Crippen molar-refractivity contribution >= 4 is 17.3 Å². The Kier molecular flexibility index (Phi) is 3.86. The summed E-state index contributed by atoms with van der Waals surface area (Å²) >= 11 is 5.58. The lowest BCUT2D eigenvalue weighted by Crippen LogP contribution is -2.22. The largest absolute Gasteiger partial charge is 0.367 e. The minimum atomic E-state index is 0.574. The Morgan fingerprint density at radius 1 is 1.44 bits per heavy atom. The Morgan fingerprint density at radius 3 is 3.00 bits per heavy atom. The van der Waals surface area contributed by atoms with Gasteiger partial charge in [0, 0.05) is 30.2 Å². The highest BCUT2D eigenvalue weighted by Crippen LogP contribution is 2.37. The van der Waals surface area contributed by atoms with Gasteiger partial charge >= 0.3 is 0 Å². The second-order valence-electron chi connectivity index (χ2n) is 4.10. The number of hydrogen-bond acceptors (Lipinski definition) is 2. The lowest BCUT2D eigenvalue weighted by atomic mass is 9.98. The molecule has 1 aromatic carbocycles. The fourth-order valence-electron chi connectivity index (χ4n) is 2.37. The highest BCUT2D eigenvalue weighted by atomic mass is 35.5. The molecule has 0 bridgehead atoms. The lowest BCUT2D eigenvalue weighted by Gasteiger charge is -2.17. The molecule has 0 spiro atoms. The Morgan fingerprint density at radius 2 is 2.25 bits per heavy atom. The summed E-state index contributed by atoms with van der Waals surface area (Å²) in [5, 5.41) is 0. The van der Waals surface area contributed by atoms with Crippen molar-refractivity contribution in [3.63, 3.8) is 0 Å². The van der Waals surface area contributed by atoms with Crippen molar-refractivity contribution in [2.75, 3.05) is 24.5 Å². The van der Waals surface area contributed by atoms with E-state index < -0.39 is 0 Å². The molecule has 0 aromatic heterocycles. The molecular formula is C13H17ClN2. The van der Waals surface area contributed by atoms with E-state index in [-0.39, 0.29) is 0 Å². The van der Waals surface area contributed by atoms with E-state index in [2.05, 4.69) is 29.2 Å². The molecular weight excluding hydrogens is 220 g/mol. The van der Waals surface area contributed by atoms with E-state index in [4.69, 9.17) is 17.3 Å². The van der Waals surface area contributed by atoms with Crippen molar-refractivity contribution < 1.29 is 0 Å². The van der Waals surface area contributed by atoms with Crippen LogP contribution in [-0.4, -0.2) is 19.6 Å². The third kappa shape index (κ3) is 2.23. The first-order valence-electron chi connectivity index (χ1n) is 5.66. The highest BCUT2D eigenvalue weighted by Gasteiger charge is 2.26. The number of nitrogens with two attached hydrogens (primary N) is 1. The summed E-state index contributed by atoms with van der Waals surface area (Å²) in [7, 11) is 0. The number of benzene rings is 1. The molecule has 2 N–H and O–H groups in total. The number of rotatable bonds is 4. The number of anilines is 1. The molecule has 0 saturated heterocycles. The van der Waals surface area contributed by atoms with Gasteiger partial charge in [0.1, 0.15) is 0 Å². The molecule has 0 aliphatic carbocycles. The summed E-state index contributed by atoms with van der Waals surface area (Å²) in [6.45, 7) is 2.68. The molecule has 1 aliphatic rings. The van der Waals surface area contributed by atoms with Gasteiger partial charge in [0.25, 0.3) is 0 Å². The summed E-state index contributed by atoms with van der Waals surface area (Å²) in [5.41, 5.74) is 10.00. The fourth-order valence-corrected chi connectivity index (χ4v) is 2.45. The van der Waals surface area contributed by atoms with E-state index in [1.165, 1.54) is 11.3 Å². The van der Waals surface area contributed by atoms with Crippen molar-refractivity contribution in [1.29, 1.82) is 0 Å². The highest BCUT2D eigenvalue weighted by molar-refractivity contribution is 6.25. The average molecular weight is 237 g/mol. The molecule has 0 fully saturated rings. The molecule has 16 heavy (non-hydrogen) atoms. The summed E-state index contributed by atoms with van der Waals surface area (Å²) < 4.78 is 0. The van der Waals surface area contributed by atoms with Gasteiger partial charge in [-0.1, -0.05) is 35.9 Å².